The molecule has 2 rings (SSSR count). The van der Waals surface area contributed by atoms with Gasteiger partial charge < -0.3 is 15.4 Å². The molecule has 0 bridgehead atoms. The molecule has 108 valence electrons. The van der Waals surface area contributed by atoms with E-state index in [1.807, 2.05) is 18.8 Å². The average molecular weight is 276 g/mol. The number of ether oxygens (including phenoxy) is 1. The summed E-state index contributed by atoms with van der Waals surface area (Å²) < 4.78 is 7.22. The van der Waals surface area contributed by atoms with Gasteiger partial charge in [-0.2, -0.15) is 5.10 Å². The average Bonchev–Trinajstić information content (AvgIpc) is 2.88. The van der Waals surface area contributed by atoms with E-state index >= 15 is 0 Å². The normalized spacial score (nSPS) is 12.7. The van der Waals surface area contributed by atoms with E-state index in [9.17, 15) is 0 Å². The van der Waals surface area contributed by atoms with Crippen molar-refractivity contribution in [1.82, 2.24) is 24.6 Å². The van der Waals surface area contributed by atoms with E-state index in [1.165, 1.54) is 6.33 Å². The van der Waals surface area contributed by atoms with Crippen molar-refractivity contribution in [2.45, 2.75) is 12.6 Å². The lowest BCUT2D eigenvalue weighted by atomic mass is 10.1. The standard InChI is InChI=1S/C13H20N6O/c1-18(2)6-7-19-13(11(20-3)8-17-19)12(14)10-4-5-15-9-16-10/h4-5,8-9,12H,6-7,14H2,1-3H3. The first-order valence-corrected chi connectivity index (χ1v) is 6.39. The molecule has 2 aromatic heterocycles. The molecule has 20 heavy (non-hydrogen) atoms. The van der Waals surface area contributed by atoms with E-state index in [0.29, 0.717) is 5.75 Å². The van der Waals surface area contributed by atoms with Crippen molar-refractivity contribution < 1.29 is 4.74 Å². The van der Waals surface area contributed by atoms with Crippen LogP contribution in [0.4, 0.5) is 0 Å². The van der Waals surface area contributed by atoms with Crippen LogP contribution in [0.15, 0.2) is 24.8 Å². The van der Waals surface area contributed by atoms with Gasteiger partial charge in [-0.25, -0.2) is 9.97 Å². The van der Waals surface area contributed by atoms with Crippen LogP contribution >= 0.6 is 0 Å². The summed E-state index contributed by atoms with van der Waals surface area (Å²) in [4.78, 5) is 10.2. The van der Waals surface area contributed by atoms with E-state index in [2.05, 4.69) is 20.0 Å². The van der Waals surface area contributed by atoms with Crippen LogP contribution in [0.2, 0.25) is 0 Å². The first-order chi connectivity index (χ1) is 9.63. The van der Waals surface area contributed by atoms with E-state index in [-0.39, 0.29) is 0 Å². The summed E-state index contributed by atoms with van der Waals surface area (Å²) in [6.45, 7) is 1.61. The van der Waals surface area contributed by atoms with E-state index in [1.54, 1.807) is 25.6 Å². The summed E-state index contributed by atoms with van der Waals surface area (Å²) in [6.07, 6.45) is 4.85. The van der Waals surface area contributed by atoms with Gasteiger partial charge in [0.1, 0.15) is 12.0 Å². The number of rotatable bonds is 6. The van der Waals surface area contributed by atoms with Crippen molar-refractivity contribution in [3.8, 4) is 5.75 Å². The van der Waals surface area contributed by atoms with Crippen molar-refractivity contribution in [2.24, 2.45) is 5.73 Å². The Bertz CT molecular complexity index is 539. The molecule has 0 aliphatic rings. The SMILES string of the molecule is COc1cnn(CCN(C)C)c1C(N)c1ccncn1. The van der Waals surface area contributed by atoms with Gasteiger partial charge in [-0.3, -0.25) is 4.68 Å². The van der Waals surface area contributed by atoms with Gasteiger partial charge in [-0.15, -0.1) is 0 Å². The van der Waals surface area contributed by atoms with Crippen molar-refractivity contribution in [2.75, 3.05) is 27.7 Å². The highest BCUT2D eigenvalue weighted by Crippen LogP contribution is 2.26. The maximum Gasteiger partial charge on any atom is 0.161 e. The molecule has 7 heteroatoms. The highest BCUT2D eigenvalue weighted by atomic mass is 16.5. The summed E-state index contributed by atoms with van der Waals surface area (Å²) in [7, 11) is 5.65. The second-order valence-corrected chi connectivity index (χ2v) is 4.74. The van der Waals surface area contributed by atoms with Crippen LogP contribution in [0.1, 0.15) is 17.4 Å². The zero-order valence-electron chi connectivity index (χ0n) is 12.0. The summed E-state index contributed by atoms with van der Waals surface area (Å²) in [5, 5.41) is 4.35. The van der Waals surface area contributed by atoms with Crippen LogP contribution < -0.4 is 10.5 Å². The molecule has 0 aliphatic heterocycles. The fraction of sp³-hybridized carbons (Fsp3) is 0.462. The largest absolute Gasteiger partial charge is 0.493 e. The second kappa shape index (κ2) is 6.44. The van der Waals surface area contributed by atoms with E-state index in [4.69, 9.17) is 10.5 Å². The topological polar surface area (TPSA) is 82.1 Å². The Hall–Kier alpha value is -1.99. The third-order valence-corrected chi connectivity index (χ3v) is 3.04. The van der Waals surface area contributed by atoms with Gasteiger partial charge in [-0.05, 0) is 20.2 Å². The Kier molecular flexibility index (Phi) is 4.65. The molecule has 0 aromatic carbocycles. The number of likely N-dealkylation sites (N-methyl/N-ethyl adjacent to an activating group) is 1. The Morgan fingerprint density at radius 2 is 2.25 bits per heavy atom. The van der Waals surface area contributed by atoms with Crippen LogP contribution in [0.5, 0.6) is 5.75 Å². The zero-order chi connectivity index (χ0) is 14.5. The van der Waals surface area contributed by atoms with Gasteiger partial charge in [0.2, 0.25) is 0 Å². The van der Waals surface area contributed by atoms with Crippen molar-refractivity contribution in [3.63, 3.8) is 0 Å². The van der Waals surface area contributed by atoms with Crippen molar-refractivity contribution in [3.05, 3.63) is 36.2 Å². The van der Waals surface area contributed by atoms with Gasteiger partial charge in [0.15, 0.2) is 5.75 Å². The van der Waals surface area contributed by atoms with Gasteiger partial charge in [0.05, 0.1) is 31.6 Å². The lowest BCUT2D eigenvalue weighted by molar-refractivity contribution is 0.363. The molecule has 0 fully saturated rings. The molecule has 1 atom stereocenters. The molecule has 0 radical (unpaired) electrons. The smallest absolute Gasteiger partial charge is 0.161 e. The number of nitrogens with zero attached hydrogens (tertiary/aromatic N) is 5. The molecule has 7 nitrogen and oxygen atoms in total. The lowest BCUT2D eigenvalue weighted by Gasteiger charge is -2.16. The Morgan fingerprint density at radius 3 is 2.85 bits per heavy atom. The van der Waals surface area contributed by atoms with Crippen LogP contribution in [-0.4, -0.2) is 52.4 Å². The first-order valence-electron chi connectivity index (χ1n) is 6.39. The van der Waals surface area contributed by atoms with Gasteiger partial charge in [0.25, 0.3) is 0 Å². The Labute approximate surface area is 118 Å². The first kappa shape index (κ1) is 14.4. The number of nitrogens with two attached hydrogens (primary N) is 1. The van der Waals surface area contributed by atoms with Gasteiger partial charge >= 0.3 is 0 Å². The minimum absolute atomic E-state index is 0.391. The summed E-state index contributed by atoms with van der Waals surface area (Å²) >= 11 is 0. The summed E-state index contributed by atoms with van der Waals surface area (Å²) in [5.74, 6) is 0.676. The third kappa shape index (κ3) is 3.12. The highest BCUT2D eigenvalue weighted by Gasteiger charge is 2.21. The molecule has 2 N–H and O–H groups in total. The van der Waals surface area contributed by atoms with Crippen molar-refractivity contribution >= 4 is 0 Å². The second-order valence-electron chi connectivity index (χ2n) is 4.74. The predicted molar refractivity (Wildman–Crippen MR) is 75.4 cm³/mol. The quantitative estimate of drug-likeness (QED) is 0.816. The number of hydrogen-bond acceptors (Lipinski definition) is 6. The van der Waals surface area contributed by atoms with Crippen LogP contribution in [-0.2, 0) is 6.54 Å². The van der Waals surface area contributed by atoms with Gasteiger partial charge in [-0.1, -0.05) is 0 Å². The fourth-order valence-electron chi connectivity index (χ4n) is 1.95. The minimum Gasteiger partial charge on any atom is -0.493 e. The number of aromatic nitrogens is 4. The molecule has 2 heterocycles. The summed E-state index contributed by atoms with van der Waals surface area (Å²) in [6, 6.07) is 1.41. The molecule has 0 saturated heterocycles. The molecule has 1 unspecified atom stereocenters. The fourth-order valence-corrected chi connectivity index (χ4v) is 1.95. The lowest BCUT2D eigenvalue weighted by Crippen LogP contribution is -2.24. The molecule has 0 saturated carbocycles. The number of hydrogen-bond donors (Lipinski definition) is 1. The van der Waals surface area contributed by atoms with Crippen molar-refractivity contribution in [1.29, 1.82) is 0 Å². The highest BCUT2D eigenvalue weighted by molar-refractivity contribution is 5.33. The molecule has 0 spiro atoms. The van der Waals surface area contributed by atoms with E-state index < -0.39 is 6.04 Å². The molecular formula is C13H20N6O. The Balaban J connectivity index is 2.30. The monoisotopic (exact) mass is 276 g/mol. The van der Waals surface area contributed by atoms with Crippen LogP contribution in [0, 0.1) is 0 Å². The maximum absolute atomic E-state index is 6.30. The third-order valence-electron chi connectivity index (χ3n) is 3.04. The molecule has 0 aliphatic carbocycles. The predicted octanol–water partition coefficient (Wildman–Crippen LogP) is 0.291. The van der Waals surface area contributed by atoms with Crippen LogP contribution in [0.25, 0.3) is 0 Å². The van der Waals surface area contributed by atoms with E-state index in [0.717, 1.165) is 24.5 Å². The Morgan fingerprint density at radius 1 is 1.45 bits per heavy atom. The number of methoxy groups -OCH3 is 1. The minimum atomic E-state index is -0.391. The van der Waals surface area contributed by atoms with Gasteiger partial charge in [0, 0.05) is 12.7 Å². The zero-order valence-corrected chi connectivity index (χ0v) is 12.0. The molecular weight excluding hydrogens is 256 g/mol. The maximum atomic E-state index is 6.30. The van der Waals surface area contributed by atoms with Crippen LogP contribution in [0.3, 0.4) is 0 Å². The molecule has 0 amide bonds. The molecule has 2 aromatic rings. The summed E-state index contributed by atoms with van der Waals surface area (Å²) in [5.41, 5.74) is 7.87.